The van der Waals surface area contributed by atoms with Crippen molar-refractivity contribution < 1.29 is 19.2 Å². The van der Waals surface area contributed by atoms with Crippen molar-refractivity contribution in [3.05, 3.63) is 64.0 Å². The maximum Gasteiger partial charge on any atom is 0.269 e. The van der Waals surface area contributed by atoms with Crippen LogP contribution in [0.15, 0.2) is 53.9 Å². The molecule has 1 heterocycles. The van der Waals surface area contributed by atoms with Crippen molar-refractivity contribution >= 4 is 28.1 Å². The van der Waals surface area contributed by atoms with Gasteiger partial charge >= 0.3 is 0 Å². The summed E-state index contributed by atoms with van der Waals surface area (Å²) in [5.74, 6) is 0.753. The molecule has 3 aromatic rings. The number of anilines is 1. The molecule has 1 aromatic heterocycles. The molecular formula is C18H15N3O5S. The number of carbonyl (C=O) groups excluding carboxylic acids is 1. The first-order valence-electron chi connectivity index (χ1n) is 7.82. The summed E-state index contributed by atoms with van der Waals surface area (Å²) >= 11 is 1.30. The van der Waals surface area contributed by atoms with E-state index in [1.54, 1.807) is 7.11 Å². The minimum Gasteiger partial charge on any atom is -0.497 e. The number of hydrogen-bond acceptors (Lipinski definition) is 7. The number of hydrogen-bond donors (Lipinski definition) is 1. The first-order chi connectivity index (χ1) is 13.0. The van der Waals surface area contributed by atoms with E-state index in [2.05, 4.69) is 10.3 Å². The molecule has 0 spiro atoms. The number of methoxy groups -OCH3 is 1. The second-order valence-electron chi connectivity index (χ2n) is 5.35. The Morgan fingerprint density at radius 2 is 1.81 bits per heavy atom. The van der Waals surface area contributed by atoms with Crippen LogP contribution in [0, 0.1) is 10.1 Å². The molecule has 0 saturated carbocycles. The van der Waals surface area contributed by atoms with E-state index in [9.17, 15) is 14.9 Å². The number of nitro groups is 1. The lowest BCUT2D eigenvalue weighted by Gasteiger charge is -2.05. The number of ether oxygens (including phenoxy) is 2. The number of non-ortho nitro benzene ring substituents is 1. The summed E-state index contributed by atoms with van der Waals surface area (Å²) in [6.07, 6.45) is 0. The van der Waals surface area contributed by atoms with Crippen LogP contribution in [0.1, 0.15) is 0 Å². The van der Waals surface area contributed by atoms with Gasteiger partial charge in [0.15, 0.2) is 11.7 Å². The number of benzene rings is 2. The summed E-state index contributed by atoms with van der Waals surface area (Å²) in [4.78, 5) is 26.5. The molecule has 0 unspecified atom stereocenters. The molecular weight excluding hydrogens is 370 g/mol. The Hall–Kier alpha value is -3.46. The van der Waals surface area contributed by atoms with Crippen LogP contribution in [-0.4, -0.2) is 29.5 Å². The lowest BCUT2D eigenvalue weighted by Crippen LogP contribution is -2.20. The van der Waals surface area contributed by atoms with Crippen LogP contribution in [0.25, 0.3) is 11.3 Å². The van der Waals surface area contributed by atoms with E-state index in [0.29, 0.717) is 10.9 Å². The highest BCUT2D eigenvalue weighted by Crippen LogP contribution is 2.26. The highest BCUT2D eigenvalue weighted by atomic mass is 32.1. The Balaban J connectivity index is 1.55. The average molecular weight is 385 g/mol. The zero-order valence-corrected chi connectivity index (χ0v) is 15.1. The fraction of sp³-hybridized carbons (Fsp3) is 0.111. The summed E-state index contributed by atoms with van der Waals surface area (Å²) in [5.41, 5.74) is 1.62. The Bertz CT molecular complexity index is 938. The van der Waals surface area contributed by atoms with Crippen molar-refractivity contribution in [2.24, 2.45) is 0 Å². The van der Waals surface area contributed by atoms with Crippen molar-refractivity contribution in [3.63, 3.8) is 0 Å². The molecule has 27 heavy (non-hydrogen) atoms. The monoisotopic (exact) mass is 385 g/mol. The van der Waals surface area contributed by atoms with Crippen molar-refractivity contribution in [1.29, 1.82) is 0 Å². The third kappa shape index (κ3) is 4.79. The van der Waals surface area contributed by atoms with Crippen molar-refractivity contribution in [2.45, 2.75) is 0 Å². The maximum atomic E-state index is 12.0. The minimum absolute atomic E-state index is 0.0411. The van der Waals surface area contributed by atoms with E-state index < -0.39 is 4.92 Å². The molecule has 8 nitrogen and oxygen atoms in total. The number of amides is 1. The zero-order chi connectivity index (χ0) is 19.2. The number of thiazole rings is 1. The predicted molar refractivity (Wildman–Crippen MR) is 101 cm³/mol. The van der Waals surface area contributed by atoms with Crippen LogP contribution in [0.2, 0.25) is 0 Å². The molecule has 0 saturated heterocycles. The molecule has 0 aliphatic carbocycles. The fourth-order valence-electron chi connectivity index (χ4n) is 2.19. The van der Waals surface area contributed by atoms with E-state index >= 15 is 0 Å². The van der Waals surface area contributed by atoms with Crippen molar-refractivity contribution in [1.82, 2.24) is 4.98 Å². The van der Waals surface area contributed by atoms with Gasteiger partial charge in [0.1, 0.15) is 11.5 Å². The van der Waals surface area contributed by atoms with Gasteiger partial charge < -0.3 is 9.47 Å². The number of nitrogens with one attached hydrogen (secondary N) is 1. The molecule has 0 aliphatic rings. The van der Waals surface area contributed by atoms with Gasteiger partial charge in [-0.15, -0.1) is 11.3 Å². The van der Waals surface area contributed by atoms with Crippen molar-refractivity contribution in [2.75, 3.05) is 19.0 Å². The molecule has 1 N–H and O–H groups in total. The SMILES string of the molecule is COc1ccc(-c2csc(NC(=O)COc3ccc([N+](=O)[O-])cc3)n2)cc1. The minimum atomic E-state index is -0.501. The predicted octanol–water partition coefficient (Wildman–Crippen LogP) is 3.74. The van der Waals surface area contributed by atoms with Crippen LogP contribution in [-0.2, 0) is 4.79 Å². The molecule has 0 atom stereocenters. The van der Waals surface area contributed by atoms with E-state index in [1.807, 2.05) is 29.6 Å². The summed E-state index contributed by atoms with van der Waals surface area (Å²) in [6.45, 7) is -0.227. The van der Waals surface area contributed by atoms with Gasteiger partial charge in [0.25, 0.3) is 11.6 Å². The number of nitro benzene ring substituents is 1. The summed E-state index contributed by atoms with van der Waals surface area (Å²) in [7, 11) is 1.60. The average Bonchev–Trinajstić information content (AvgIpc) is 3.15. The summed E-state index contributed by atoms with van der Waals surface area (Å²) in [5, 5.41) is 15.6. The van der Waals surface area contributed by atoms with E-state index in [4.69, 9.17) is 9.47 Å². The van der Waals surface area contributed by atoms with Gasteiger partial charge in [0, 0.05) is 23.1 Å². The maximum absolute atomic E-state index is 12.0. The quantitative estimate of drug-likeness (QED) is 0.491. The van der Waals surface area contributed by atoms with Gasteiger partial charge in [0.05, 0.1) is 17.7 Å². The molecule has 9 heteroatoms. The Kier molecular flexibility index (Phi) is 5.62. The third-order valence-electron chi connectivity index (χ3n) is 3.55. The second kappa shape index (κ2) is 8.28. The smallest absolute Gasteiger partial charge is 0.269 e. The van der Waals surface area contributed by atoms with E-state index in [1.165, 1.54) is 35.6 Å². The summed E-state index contributed by atoms with van der Waals surface area (Å²) in [6, 6.07) is 13.0. The van der Waals surface area contributed by atoms with Crippen LogP contribution < -0.4 is 14.8 Å². The highest BCUT2D eigenvalue weighted by Gasteiger charge is 2.10. The van der Waals surface area contributed by atoms with E-state index in [0.717, 1.165) is 17.0 Å². The Labute approximate surface area is 158 Å². The van der Waals surface area contributed by atoms with Crippen molar-refractivity contribution in [3.8, 4) is 22.8 Å². The molecule has 138 valence electrons. The molecule has 0 radical (unpaired) electrons. The normalized spacial score (nSPS) is 10.3. The van der Waals surface area contributed by atoms with Gasteiger partial charge in [-0.1, -0.05) is 0 Å². The first-order valence-corrected chi connectivity index (χ1v) is 8.70. The highest BCUT2D eigenvalue weighted by molar-refractivity contribution is 7.14. The van der Waals surface area contributed by atoms with Gasteiger partial charge in [-0.25, -0.2) is 4.98 Å². The third-order valence-corrected chi connectivity index (χ3v) is 4.31. The molecule has 0 fully saturated rings. The number of carbonyl (C=O) groups is 1. The van der Waals surface area contributed by atoms with Crippen LogP contribution in [0.3, 0.4) is 0 Å². The topological polar surface area (TPSA) is 104 Å². The fourth-order valence-corrected chi connectivity index (χ4v) is 2.93. The molecule has 3 rings (SSSR count). The van der Waals surface area contributed by atoms with Crippen LogP contribution >= 0.6 is 11.3 Å². The Morgan fingerprint density at radius 1 is 1.15 bits per heavy atom. The van der Waals surface area contributed by atoms with Gasteiger partial charge in [-0.05, 0) is 36.4 Å². The number of aromatic nitrogens is 1. The Morgan fingerprint density at radius 3 is 2.44 bits per heavy atom. The lowest BCUT2D eigenvalue weighted by atomic mass is 10.2. The molecule has 1 amide bonds. The lowest BCUT2D eigenvalue weighted by molar-refractivity contribution is -0.384. The molecule has 0 bridgehead atoms. The number of nitrogens with zero attached hydrogens (tertiary/aromatic N) is 2. The standard InChI is InChI=1S/C18H15N3O5S/c1-25-14-6-2-12(3-7-14)16-11-27-18(19-16)20-17(22)10-26-15-8-4-13(5-9-15)21(23)24/h2-9,11H,10H2,1H3,(H,19,20,22). The van der Waals surface area contributed by atoms with Crippen LogP contribution in [0.4, 0.5) is 10.8 Å². The van der Waals surface area contributed by atoms with E-state index in [-0.39, 0.29) is 18.2 Å². The largest absolute Gasteiger partial charge is 0.497 e. The first kappa shape index (κ1) is 18.3. The summed E-state index contributed by atoms with van der Waals surface area (Å²) < 4.78 is 10.4. The molecule has 2 aromatic carbocycles. The van der Waals surface area contributed by atoms with Gasteiger partial charge in [-0.3, -0.25) is 20.2 Å². The van der Waals surface area contributed by atoms with Crippen LogP contribution in [0.5, 0.6) is 11.5 Å². The molecule has 0 aliphatic heterocycles. The zero-order valence-electron chi connectivity index (χ0n) is 14.2. The van der Waals surface area contributed by atoms with Gasteiger partial charge in [-0.2, -0.15) is 0 Å². The van der Waals surface area contributed by atoms with Gasteiger partial charge in [0.2, 0.25) is 0 Å². The number of rotatable bonds is 7. The second-order valence-corrected chi connectivity index (χ2v) is 6.21.